The number of rotatable bonds is 4. The summed E-state index contributed by atoms with van der Waals surface area (Å²) in [7, 11) is 0. The summed E-state index contributed by atoms with van der Waals surface area (Å²) in [6.07, 6.45) is 1.06. The van der Waals surface area contributed by atoms with Crippen molar-refractivity contribution in [1.29, 1.82) is 0 Å². The standard InChI is InChI=1S/C16H17ClO/c1-3-13-5-7-14(8-6-13)11-18-16-9-4-12(2)10-15(16)17/h4-10H,3,11H2,1-2H3. The first kappa shape index (κ1) is 13.0. The molecule has 0 heterocycles. The van der Waals surface area contributed by atoms with Gasteiger partial charge in [0.15, 0.2) is 0 Å². The van der Waals surface area contributed by atoms with E-state index in [9.17, 15) is 0 Å². The van der Waals surface area contributed by atoms with Gasteiger partial charge in [-0.05, 0) is 42.2 Å². The van der Waals surface area contributed by atoms with Gasteiger partial charge in [0.25, 0.3) is 0 Å². The summed E-state index contributed by atoms with van der Waals surface area (Å²) in [6, 6.07) is 14.3. The van der Waals surface area contributed by atoms with Crippen molar-refractivity contribution in [3.63, 3.8) is 0 Å². The summed E-state index contributed by atoms with van der Waals surface area (Å²) < 4.78 is 5.72. The Kier molecular flexibility index (Phi) is 4.27. The third kappa shape index (κ3) is 3.27. The van der Waals surface area contributed by atoms with Gasteiger partial charge in [-0.25, -0.2) is 0 Å². The minimum atomic E-state index is 0.548. The molecule has 0 radical (unpaired) electrons. The van der Waals surface area contributed by atoms with Crippen LogP contribution in [0.25, 0.3) is 0 Å². The van der Waals surface area contributed by atoms with Crippen LogP contribution in [0.3, 0.4) is 0 Å². The molecular weight excluding hydrogens is 244 g/mol. The molecule has 0 bridgehead atoms. The van der Waals surface area contributed by atoms with Crippen LogP contribution in [0.5, 0.6) is 5.75 Å². The van der Waals surface area contributed by atoms with Crippen LogP contribution < -0.4 is 4.74 Å². The molecule has 0 N–H and O–H groups in total. The summed E-state index contributed by atoms with van der Waals surface area (Å²) >= 11 is 6.12. The molecule has 94 valence electrons. The van der Waals surface area contributed by atoms with E-state index in [1.165, 1.54) is 5.56 Å². The van der Waals surface area contributed by atoms with Crippen LogP contribution in [0.4, 0.5) is 0 Å². The first-order valence-electron chi connectivity index (χ1n) is 6.16. The highest BCUT2D eigenvalue weighted by Crippen LogP contribution is 2.25. The van der Waals surface area contributed by atoms with Crippen LogP contribution in [0.1, 0.15) is 23.6 Å². The van der Waals surface area contributed by atoms with Crippen molar-refractivity contribution in [2.75, 3.05) is 0 Å². The number of hydrogen-bond acceptors (Lipinski definition) is 1. The van der Waals surface area contributed by atoms with Crippen LogP contribution in [-0.2, 0) is 13.0 Å². The zero-order valence-electron chi connectivity index (χ0n) is 10.7. The Morgan fingerprint density at radius 2 is 1.67 bits per heavy atom. The van der Waals surface area contributed by atoms with Crippen LogP contribution in [0, 0.1) is 6.92 Å². The van der Waals surface area contributed by atoms with Crippen LogP contribution >= 0.6 is 11.6 Å². The van der Waals surface area contributed by atoms with Gasteiger partial charge >= 0.3 is 0 Å². The summed E-state index contributed by atoms with van der Waals surface area (Å²) in [5.74, 6) is 0.738. The first-order valence-corrected chi connectivity index (χ1v) is 6.53. The molecule has 0 saturated carbocycles. The number of ether oxygens (including phenoxy) is 1. The highest BCUT2D eigenvalue weighted by molar-refractivity contribution is 6.32. The van der Waals surface area contributed by atoms with Crippen LogP contribution in [0.15, 0.2) is 42.5 Å². The Balaban J connectivity index is 2.02. The van der Waals surface area contributed by atoms with Gasteiger partial charge in [0.2, 0.25) is 0 Å². The monoisotopic (exact) mass is 260 g/mol. The minimum Gasteiger partial charge on any atom is -0.487 e. The second kappa shape index (κ2) is 5.92. The van der Waals surface area contributed by atoms with Gasteiger partial charge in [-0.2, -0.15) is 0 Å². The molecule has 2 aromatic carbocycles. The summed E-state index contributed by atoms with van der Waals surface area (Å²) in [5, 5.41) is 0.667. The second-order valence-electron chi connectivity index (χ2n) is 4.39. The molecule has 18 heavy (non-hydrogen) atoms. The molecule has 2 aromatic rings. The topological polar surface area (TPSA) is 9.23 Å². The fourth-order valence-corrected chi connectivity index (χ4v) is 2.04. The van der Waals surface area contributed by atoms with E-state index in [0.717, 1.165) is 23.3 Å². The smallest absolute Gasteiger partial charge is 0.138 e. The van der Waals surface area contributed by atoms with Crippen LogP contribution in [-0.4, -0.2) is 0 Å². The molecular formula is C16H17ClO. The van der Waals surface area contributed by atoms with E-state index in [-0.39, 0.29) is 0 Å². The quantitative estimate of drug-likeness (QED) is 0.768. The zero-order chi connectivity index (χ0) is 13.0. The van der Waals surface area contributed by atoms with E-state index in [1.807, 2.05) is 25.1 Å². The molecule has 0 unspecified atom stereocenters. The van der Waals surface area contributed by atoms with Crippen molar-refractivity contribution in [2.24, 2.45) is 0 Å². The maximum atomic E-state index is 6.12. The van der Waals surface area contributed by atoms with E-state index < -0.39 is 0 Å². The van der Waals surface area contributed by atoms with Crippen molar-refractivity contribution in [2.45, 2.75) is 26.9 Å². The van der Waals surface area contributed by atoms with E-state index in [0.29, 0.717) is 11.6 Å². The highest BCUT2D eigenvalue weighted by Gasteiger charge is 2.02. The number of hydrogen-bond donors (Lipinski definition) is 0. The lowest BCUT2D eigenvalue weighted by atomic mass is 10.1. The Morgan fingerprint density at radius 3 is 2.28 bits per heavy atom. The average Bonchev–Trinajstić information content (AvgIpc) is 2.38. The predicted octanol–water partition coefficient (Wildman–Crippen LogP) is 4.79. The van der Waals surface area contributed by atoms with Gasteiger partial charge in [0, 0.05) is 0 Å². The molecule has 2 heteroatoms. The van der Waals surface area contributed by atoms with Crippen molar-refractivity contribution in [1.82, 2.24) is 0 Å². The predicted molar refractivity (Wildman–Crippen MR) is 76.3 cm³/mol. The largest absolute Gasteiger partial charge is 0.487 e. The van der Waals surface area contributed by atoms with Crippen molar-refractivity contribution in [3.05, 3.63) is 64.2 Å². The number of benzene rings is 2. The van der Waals surface area contributed by atoms with Gasteiger partial charge in [-0.1, -0.05) is 48.9 Å². The van der Waals surface area contributed by atoms with E-state index in [4.69, 9.17) is 16.3 Å². The minimum absolute atomic E-state index is 0.548. The molecule has 0 aromatic heterocycles. The average molecular weight is 261 g/mol. The third-order valence-corrected chi connectivity index (χ3v) is 3.21. The second-order valence-corrected chi connectivity index (χ2v) is 4.80. The Morgan fingerprint density at radius 1 is 1.00 bits per heavy atom. The van der Waals surface area contributed by atoms with E-state index in [2.05, 4.69) is 31.2 Å². The molecule has 1 nitrogen and oxygen atoms in total. The lowest BCUT2D eigenvalue weighted by Gasteiger charge is -2.09. The molecule has 0 saturated heterocycles. The molecule has 0 aliphatic heterocycles. The number of halogens is 1. The fraction of sp³-hybridized carbons (Fsp3) is 0.250. The van der Waals surface area contributed by atoms with Gasteiger partial charge in [-0.15, -0.1) is 0 Å². The van der Waals surface area contributed by atoms with Gasteiger partial charge < -0.3 is 4.74 Å². The maximum Gasteiger partial charge on any atom is 0.138 e. The lowest BCUT2D eigenvalue weighted by Crippen LogP contribution is -1.96. The first-order chi connectivity index (χ1) is 8.69. The van der Waals surface area contributed by atoms with E-state index >= 15 is 0 Å². The molecule has 0 aliphatic carbocycles. The molecule has 0 fully saturated rings. The van der Waals surface area contributed by atoms with Crippen molar-refractivity contribution < 1.29 is 4.74 Å². The molecule has 2 rings (SSSR count). The van der Waals surface area contributed by atoms with Gasteiger partial charge in [0.05, 0.1) is 5.02 Å². The summed E-state index contributed by atoms with van der Waals surface area (Å²) in [5.41, 5.74) is 3.63. The maximum absolute atomic E-state index is 6.12. The van der Waals surface area contributed by atoms with Gasteiger partial charge in [-0.3, -0.25) is 0 Å². The zero-order valence-corrected chi connectivity index (χ0v) is 11.5. The van der Waals surface area contributed by atoms with Crippen LogP contribution in [0.2, 0.25) is 5.02 Å². The Hall–Kier alpha value is -1.47. The highest BCUT2D eigenvalue weighted by atomic mass is 35.5. The van der Waals surface area contributed by atoms with Crippen molar-refractivity contribution >= 4 is 11.6 Å². The normalized spacial score (nSPS) is 10.4. The molecule has 0 amide bonds. The lowest BCUT2D eigenvalue weighted by molar-refractivity contribution is 0.306. The summed E-state index contributed by atoms with van der Waals surface area (Å²) in [4.78, 5) is 0. The number of aryl methyl sites for hydroxylation is 2. The van der Waals surface area contributed by atoms with Gasteiger partial charge in [0.1, 0.15) is 12.4 Å². The fourth-order valence-electron chi connectivity index (χ4n) is 1.76. The Labute approximate surface area is 113 Å². The molecule has 0 spiro atoms. The molecule has 0 atom stereocenters. The SMILES string of the molecule is CCc1ccc(COc2ccc(C)cc2Cl)cc1. The molecule has 0 aliphatic rings. The van der Waals surface area contributed by atoms with Crippen molar-refractivity contribution in [3.8, 4) is 5.75 Å². The Bertz CT molecular complexity index is 517. The third-order valence-electron chi connectivity index (χ3n) is 2.91. The summed E-state index contributed by atoms with van der Waals surface area (Å²) in [6.45, 7) is 4.71. The van der Waals surface area contributed by atoms with E-state index in [1.54, 1.807) is 0 Å².